The summed E-state index contributed by atoms with van der Waals surface area (Å²) in [6, 6.07) is -4.81. The van der Waals surface area contributed by atoms with Crippen molar-refractivity contribution in [1.82, 2.24) is 0 Å². The molecule has 0 bridgehead atoms. The predicted octanol–water partition coefficient (Wildman–Crippen LogP) is 3.68. The molecule has 0 unspecified atom stereocenters. The van der Waals surface area contributed by atoms with E-state index in [9.17, 15) is 74.6 Å². The number of aromatic nitrogens is 1. The molecule has 19 heteroatoms. The number of nitrogens with zero attached hydrogens (tertiary/aromatic N) is 1. The molecule has 0 radical (unpaired) electrons. The molecule has 0 amide bonds. The van der Waals surface area contributed by atoms with Crippen molar-refractivity contribution in [2.45, 2.75) is 60.6 Å². The molecule has 0 atom stereocenters. The fraction of sp³-hybridized carbons (Fsp3) is 0.667. The quantitative estimate of drug-likeness (QED) is 0.320. The van der Waals surface area contributed by atoms with E-state index in [2.05, 4.69) is 0 Å². The molecule has 200 valence electrons. The van der Waals surface area contributed by atoms with Crippen LogP contribution in [0.2, 0.25) is 0 Å². The molecule has 0 saturated heterocycles. The molecule has 0 fully saturated rings. The first-order chi connectivity index (χ1) is 14.3. The highest BCUT2D eigenvalue weighted by Gasteiger charge is 2.94. The van der Waals surface area contributed by atoms with Gasteiger partial charge in [-0.05, 0) is 0 Å². The Morgan fingerprint density at radius 1 is 0.441 bits per heavy atom. The van der Waals surface area contributed by atoms with Gasteiger partial charge in [-0.25, -0.2) is 0 Å². The molecule has 1 nitrogen and oxygen atoms in total. The average molecular weight is 562 g/mol. The van der Waals surface area contributed by atoms with Crippen LogP contribution in [0.3, 0.4) is 0 Å². The summed E-state index contributed by atoms with van der Waals surface area (Å²) < 4.78 is 225. The number of hydrogen-bond donors (Lipinski definition) is 0. The minimum atomic E-state index is -8.34. The fourth-order valence-corrected chi connectivity index (χ4v) is 2.21. The lowest BCUT2D eigenvalue weighted by Crippen LogP contribution is -3.00. The smallest absolute Gasteiger partial charge is 0.534 e. The molecule has 1 heterocycles. The van der Waals surface area contributed by atoms with Crippen LogP contribution >= 0.6 is 0 Å². The summed E-state index contributed by atoms with van der Waals surface area (Å²) in [6.45, 7) is 0. The van der Waals surface area contributed by atoms with Crippen molar-refractivity contribution in [2.24, 2.45) is 0 Å². The molecule has 0 N–H and O–H groups in total. The first-order valence-corrected chi connectivity index (χ1v) is 7.99. The van der Waals surface area contributed by atoms with Crippen LogP contribution in [0.1, 0.15) is 12.8 Å². The van der Waals surface area contributed by atoms with E-state index in [0.29, 0.717) is 12.1 Å². The number of alkyl halides is 17. The molecule has 1 aromatic rings. The summed E-state index contributed by atoms with van der Waals surface area (Å²) in [5, 5.41) is 0. The van der Waals surface area contributed by atoms with E-state index >= 15 is 0 Å². The van der Waals surface area contributed by atoms with Crippen molar-refractivity contribution in [3.63, 3.8) is 0 Å². The van der Waals surface area contributed by atoms with Crippen molar-refractivity contribution in [1.29, 1.82) is 0 Å². The Kier molecular flexibility index (Phi) is 8.57. The molecule has 1 aromatic heterocycles. The Morgan fingerprint density at radius 2 is 0.794 bits per heavy atom. The molecule has 0 spiro atoms. The lowest BCUT2D eigenvalue weighted by Gasteiger charge is -2.41. The molecule has 0 aliphatic heterocycles. The lowest BCUT2D eigenvalue weighted by molar-refractivity contribution is -0.849. The van der Waals surface area contributed by atoms with E-state index in [1.807, 2.05) is 0 Å². The van der Waals surface area contributed by atoms with E-state index in [1.165, 1.54) is 0 Å². The highest BCUT2D eigenvalue weighted by atomic mass is 35.5. The summed E-state index contributed by atoms with van der Waals surface area (Å²) >= 11 is 0. The lowest BCUT2D eigenvalue weighted by atomic mass is 9.89. The van der Waals surface area contributed by atoms with Gasteiger partial charge in [-0.2, -0.15) is 65.9 Å². The highest BCUT2D eigenvalue weighted by molar-refractivity contribution is 5.12. The number of hydrogen-bond acceptors (Lipinski definition) is 0. The Bertz CT molecular complexity index is 818. The minimum Gasteiger partial charge on any atom is -1.00 e. The zero-order valence-corrected chi connectivity index (χ0v) is 16.3. The molecular formula is C15H9ClF17N. The van der Waals surface area contributed by atoms with Gasteiger partial charge in [0, 0.05) is 25.0 Å². The second-order valence-electron chi connectivity index (χ2n) is 6.52. The molecule has 0 aliphatic rings. The summed E-state index contributed by atoms with van der Waals surface area (Å²) in [5.41, 5.74) is 0. The van der Waals surface area contributed by atoms with E-state index < -0.39 is 65.2 Å². The average Bonchev–Trinajstić information content (AvgIpc) is 2.65. The van der Waals surface area contributed by atoms with Crippen molar-refractivity contribution >= 4 is 0 Å². The van der Waals surface area contributed by atoms with Gasteiger partial charge in [-0.1, -0.05) is 6.07 Å². The maximum absolute atomic E-state index is 13.8. The number of pyridine rings is 1. The van der Waals surface area contributed by atoms with Crippen LogP contribution in [0, 0.1) is 0 Å². The number of rotatable bonds is 9. The van der Waals surface area contributed by atoms with E-state index in [1.54, 1.807) is 0 Å². The van der Waals surface area contributed by atoms with Gasteiger partial charge in [-0.3, -0.25) is 0 Å². The topological polar surface area (TPSA) is 3.88 Å². The third kappa shape index (κ3) is 4.82. The minimum absolute atomic E-state index is 0. The van der Waals surface area contributed by atoms with Gasteiger partial charge in [0.1, 0.15) is 0 Å². The molecule has 34 heavy (non-hydrogen) atoms. The van der Waals surface area contributed by atoms with Crippen LogP contribution in [-0.2, 0) is 6.05 Å². The molecular weight excluding hydrogens is 553 g/mol. The van der Waals surface area contributed by atoms with Crippen LogP contribution in [-0.4, -0.2) is 41.7 Å². The maximum Gasteiger partial charge on any atom is 0.534 e. The van der Waals surface area contributed by atoms with Crippen LogP contribution < -0.4 is 17.0 Å². The first kappa shape index (κ1) is 32.2. The Hall–Kier alpha value is -1.75. The van der Waals surface area contributed by atoms with E-state index in [-0.39, 0.29) is 24.8 Å². The van der Waals surface area contributed by atoms with E-state index in [4.69, 9.17) is 0 Å². The fourth-order valence-electron chi connectivity index (χ4n) is 2.21. The Morgan fingerprint density at radius 3 is 1.18 bits per heavy atom. The van der Waals surface area contributed by atoms with Crippen LogP contribution in [0.15, 0.2) is 30.6 Å². The number of halogens is 18. The zero-order valence-electron chi connectivity index (χ0n) is 15.6. The summed E-state index contributed by atoms with van der Waals surface area (Å²) in [7, 11) is 0. The first-order valence-electron chi connectivity index (χ1n) is 7.99. The maximum atomic E-state index is 13.8. The monoisotopic (exact) mass is 561 g/mol. The second-order valence-corrected chi connectivity index (χ2v) is 6.52. The third-order valence-corrected chi connectivity index (χ3v) is 4.18. The van der Waals surface area contributed by atoms with Gasteiger partial charge in [0.25, 0.3) is 0 Å². The van der Waals surface area contributed by atoms with Gasteiger partial charge in [0.05, 0.1) is 0 Å². The van der Waals surface area contributed by atoms with Gasteiger partial charge in [0.2, 0.25) is 0 Å². The molecule has 0 saturated carbocycles. The van der Waals surface area contributed by atoms with Crippen LogP contribution in [0.4, 0.5) is 74.6 Å². The van der Waals surface area contributed by atoms with E-state index in [0.717, 1.165) is 6.07 Å². The molecule has 0 aliphatic carbocycles. The molecule has 1 rings (SSSR count). The van der Waals surface area contributed by atoms with Crippen LogP contribution in [0.25, 0.3) is 0 Å². The standard InChI is InChI=1S/C15H9F17N.ClH/c16-8(17,4-5-9(18,19)20)10(21,22)11(23,24)12(25,26)13(27,28)14(29,30)15(31,32)33-6-2-1-3-7-33;/h1-3,6-7H,4-5H2;1H/q+1;/p-1. The predicted molar refractivity (Wildman–Crippen MR) is 71.8 cm³/mol. The Labute approximate surface area is 183 Å². The largest absolute Gasteiger partial charge is 1.00 e. The van der Waals surface area contributed by atoms with Crippen molar-refractivity contribution in [2.75, 3.05) is 0 Å². The normalized spacial score (nSPS) is 15.2. The van der Waals surface area contributed by atoms with Crippen molar-refractivity contribution < 1.29 is 91.6 Å². The SMILES string of the molecule is FC(F)(F)CCC(F)(F)C(F)(F)C(F)(F)C(F)(F)C(F)(F)C(F)(F)C(F)(F)[n+]1ccccc1.[Cl-]. The zero-order chi connectivity index (χ0) is 26.5. The van der Waals surface area contributed by atoms with Crippen molar-refractivity contribution in [3.05, 3.63) is 30.6 Å². The van der Waals surface area contributed by atoms with Crippen molar-refractivity contribution in [3.8, 4) is 0 Å². The van der Waals surface area contributed by atoms with Crippen LogP contribution in [0.5, 0.6) is 0 Å². The van der Waals surface area contributed by atoms with Gasteiger partial charge in [0.15, 0.2) is 12.4 Å². The highest BCUT2D eigenvalue weighted by Crippen LogP contribution is 2.62. The van der Waals surface area contributed by atoms with Gasteiger partial charge < -0.3 is 12.4 Å². The summed E-state index contributed by atoms with van der Waals surface area (Å²) in [6.07, 6.45) is -12.4. The summed E-state index contributed by atoms with van der Waals surface area (Å²) in [5.74, 6) is -47.0. The summed E-state index contributed by atoms with van der Waals surface area (Å²) in [4.78, 5) is 0. The van der Waals surface area contributed by atoms with Gasteiger partial charge >= 0.3 is 47.8 Å². The Balaban J connectivity index is 0.0000109. The molecule has 0 aromatic carbocycles. The third-order valence-electron chi connectivity index (χ3n) is 4.18. The van der Waals surface area contributed by atoms with Gasteiger partial charge in [-0.15, -0.1) is 13.3 Å². The second kappa shape index (κ2) is 9.04.